The molecule has 0 atom stereocenters. The first-order chi connectivity index (χ1) is 5.43. The fourth-order valence-corrected chi connectivity index (χ4v) is 1.20. The number of sulfone groups is 1. The minimum absolute atomic E-state index is 0.657. The van der Waals surface area contributed by atoms with E-state index in [1.165, 1.54) is 0 Å². The predicted molar refractivity (Wildman–Crippen MR) is 34.4 cm³/mol. The van der Waals surface area contributed by atoms with E-state index in [0.29, 0.717) is 0 Å². The van der Waals surface area contributed by atoms with Crippen LogP contribution in [0, 0.1) is 0 Å². The summed E-state index contributed by atoms with van der Waals surface area (Å²) in [4.78, 5) is 10.3. The van der Waals surface area contributed by atoms with Crippen LogP contribution >= 0.6 is 0 Å². The summed E-state index contributed by atoms with van der Waals surface area (Å²) in [5.41, 5.74) is -0.697. The fraction of sp³-hybridized carbons (Fsp3) is 0.250. The van der Waals surface area contributed by atoms with Crippen molar-refractivity contribution in [2.45, 2.75) is 5.03 Å². The molecule has 0 aliphatic rings. The maximum absolute atomic E-state index is 10.8. The second kappa shape index (κ2) is 2.55. The van der Waals surface area contributed by atoms with Crippen molar-refractivity contribution in [3.8, 4) is 0 Å². The molecular weight excluding hydrogens is 188 g/mol. The van der Waals surface area contributed by atoms with Crippen LogP contribution in [0.4, 0.5) is 0 Å². The van der Waals surface area contributed by atoms with Gasteiger partial charge in [-0.2, -0.15) is 0 Å². The molecule has 0 radical (unpaired) electrons. The highest BCUT2D eigenvalue weighted by Gasteiger charge is 2.24. The molecule has 0 amide bonds. The Morgan fingerprint density at radius 3 is 2.42 bits per heavy atom. The van der Waals surface area contributed by atoms with E-state index in [1.807, 2.05) is 0 Å². The molecular formula is C4H4N2O5S. The Labute approximate surface area is 66.9 Å². The number of hydrogen-bond acceptors (Lipinski definition) is 6. The molecule has 0 saturated heterocycles. The number of aromatic carboxylic acids is 1. The van der Waals surface area contributed by atoms with Gasteiger partial charge >= 0.3 is 5.97 Å². The largest absolute Gasteiger partial charge is 0.476 e. The summed E-state index contributed by atoms with van der Waals surface area (Å²) in [5, 5.41) is 13.6. The zero-order chi connectivity index (χ0) is 9.35. The summed E-state index contributed by atoms with van der Waals surface area (Å²) in [5.74, 6) is -1.49. The minimum Gasteiger partial charge on any atom is -0.476 e. The van der Waals surface area contributed by atoms with Crippen molar-refractivity contribution in [2.75, 3.05) is 6.26 Å². The summed E-state index contributed by atoms with van der Waals surface area (Å²) in [6.45, 7) is 0. The van der Waals surface area contributed by atoms with E-state index in [4.69, 9.17) is 5.11 Å². The Hall–Kier alpha value is -1.44. The van der Waals surface area contributed by atoms with Gasteiger partial charge in [-0.1, -0.05) is 0 Å². The van der Waals surface area contributed by atoms with Crippen molar-refractivity contribution in [3.63, 3.8) is 0 Å². The Bertz CT molecular complexity index is 405. The van der Waals surface area contributed by atoms with Crippen molar-refractivity contribution in [1.82, 2.24) is 10.3 Å². The summed E-state index contributed by atoms with van der Waals surface area (Å²) < 4.78 is 25.6. The first-order valence-corrected chi connectivity index (χ1v) is 4.58. The molecule has 0 aromatic carbocycles. The molecule has 0 unspecified atom stereocenters. The second-order valence-electron chi connectivity index (χ2n) is 2.00. The maximum atomic E-state index is 10.8. The third-order valence-electron chi connectivity index (χ3n) is 1.01. The Morgan fingerprint density at radius 1 is 1.50 bits per heavy atom. The number of carboxylic acids is 1. The van der Waals surface area contributed by atoms with Crippen LogP contribution in [-0.2, 0) is 9.84 Å². The van der Waals surface area contributed by atoms with Crippen molar-refractivity contribution in [1.29, 1.82) is 0 Å². The minimum atomic E-state index is -3.68. The normalized spacial score (nSPS) is 11.4. The quantitative estimate of drug-likeness (QED) is 0.650. The Morgan fingerprint density at radius 2 is 2.08 bits per heavy atom. The van der Waals surface area contributed by atoms with Gasteiger partial charge in [0.15, 0.2) is 9.84 Å². The molecule has 1 N–H and O–H groups in total. The second-order valence-corrected chi connectivity index (χ2v) is 3.93. The lowest BCUT2D eigenvalue weighted by molar-refractivity contribution is 0.0681. The molecule has 1 aromatic rings. The van der Waals surface area contributed by atoms with Gasteiger partial charge in [0.05, 0.1) is 0 Å². The van der Waals surface area contributed by atoms with Gasteiger partial charge in [-0.25, -0.2) is 17.8 Å². The number of nitrogens with zero attached hydrogens (tertiary/aromatic N) is 2. The summed E-state index contributed by atoms with van der Waals surface area (Å²) in [6, 6.07) is 0. The van der Waals surface area contributed by atoms with Crippen molar-refractivity contribution < 1.29 is 22.9 Å². The van der Waals surface area contributed by atoms with Crippen LogP contribution in [-0.4, -0.2) is 36.1 Å². The molecule has 12 heavy (non-hydrogen) atoms. The van der Waals surface area contributed by atoms with E-state index in [-0.39, 0.29) is 0 Å². The van der Waals surface area contributed by atoms with Gasteiger partial charge in [0.1, 0.15) is 0 Å². The van der Waals surface area contributed by atoms with Crippen LogP contribution in [0.1, 0.15) is 10.5 Å². The first kappa shape index (κ1) is 8.65. The lowest BCUT2D eigenvalue weighted by Crippen LogP contribution is -2.06. The monoisotopic (exact) mass is 192 g/mol. The molecule has 0 spiro atoms. The van der Waals surface area contributed by atoms with E-state index in [0.717, 1.165) is 6.26 Å². The summed E-state index contributed by atoms with van der Waals surface area (Å²) in [7, 11) is -3.68. The Balaban J connectivity index is 3.36. The molecule has 0 saturated carbocycles. The molecule has 0 bridgehead atoms. The van der Waals surface area contributed by atoms with Crippen molar-refractivity contribution in [3.05, 3.63) is 5.69 Å². The number of hydrogen-bond donors (Lipinski definition) is 1. The molecule has 0 aliphatic heterocycles. The number of aromatic nitrogens is 2. The van der Waals surface area contributed by atoms with Gasteiger partial charge < -0.3 is 5.11 Å². The highest BCUT2D eigenvalue weighted by Crippen LogP contribution is 2.09. The lowest BCUT2D eigenvalue weighted by atomic mass is 10.5. The number of rotatable bonds is 2. The smallest absolute Gasteiger partial charge is 0.361 e. The van der Waals surface area contributed by atoms with E-state index >= 15 is 0 Å². The maximum Gasteiger partial charge on any atom is 0.361 e. The van der Waals surface area contributed by atoms with Crippen LogP contribution in [0.15, 0.2) is 9.65 Å². The van der Waals surface area contributed by atoms with Gasteiger partial charge in [-0.3, -0.25) is 0 Å². The first-order valence-electron chi connectivity index (χ1n) is 2.69. The fourth-order valence-electron chi connectivity index (χ4n) is 0.554. The van der Waals surface area contributed by atoms with Gasteiger partial charge in [0.25, 0.3) is 0 Å². The predicted octanol–water partition coefficient (Wildman–Crippen LogP) is -0.829. The molecule has 1 aromatic heterocycles. The standard InChI is InChI=1S/C4H4N2O5S/c1-12(9,10)3-2(4(7)8)5-11-6-3/h1H3,(H,7,8). The van der Waals surface area contributed by atoms with Gasteiger partial charge in [0, 0.05) is 6.26 Å². The topological polar surface area (TPSA) is 110 Å². The van der Waals surface area contributed by atoms with Gasteiger partial charge in [-0.15, -0.1) is 0 Å². The SMILES string of the molecule is CS(=O)(=O)c1nonc1C(=O)O. The summed E-state index contributed by atoms with van der Waals surface area (Å²) in [6.07, 6.45) is 0.818. The third-order valence-corrected chi connectivity index (χ3v) is 1.98. The van der Waals surface area contributed by atoms with Gasteiger partial charge in [0.2, 0.25) is 10.7 Å². The van der Waals surface area contributed by atoms with Crippen LogP contribution in [0.2, 0.25) is 0 Å². The molecule has 66 valence electrons. The van der Waals surface area contributed by atoms with E-state index in [2.05, 4.69) is 14.9 Å². The molecule has 0 aliphatic carbocycles. The molecule has 1 rings (SSSR count). The molecule has 8 heteroatoms. The zero-order valence-corrected chi connectivity index (χ0v) is 6.70. The van der Waals surface area contributed by atoms with E-state index in [9.17, 15) is 13.2 Å². The molecule has 0 fully saturated rings. The molecule has 1 heterocycles. The van der Waals surface area contributed by atoms with Crippen molar-refractivity contribution >= 4 is 15.8 Å². The zero-order valence-electron chi connectivity index (χ0n) is 5.88. The highest BCUT2D eigenvalue weighted by atomic mass is 32.2. The number of carbonyl (C=O) groups is 1. The summed E-state index contributed by atoms with van der Waals surface area (Å²) >= 11 is 0. The number of carboxylic acid groups (broad SMARTS) is 1. The average Bonchev–Trinajstić information content (AvgIpc) is 2.30. The highest BCUT2D eigenvalue weighted by molar-refractivity contribution is 7.90. The van der Waals surface area contributed by atoms with Crippen LogP contribution < -0.4 is 0 Å². The van der Waals surface area contributed by atoms with Gasteiger partial charge in [-0.05, 0) is 10.3 Å². The van der Waals surface area contributed by atoms with E-state index in [1.54, 1.807) is 0 Å². The third kappa shape index (κ3) is 1.42. The van der Waals surface area contributed by atoms with Crippen LogP contribution in [0.25, 0.3) is 0 Å². The molecule has 7 nitrogen and oxygen atoms in total. The van der Waals surface area contributed by atoms with Crippen LogP contribution in [0.3, 0.4) is 0 Å². The lowest BCUT2D eigenvalue weighted by Gasteiger charge is -1.88. The average molecular weight is 192 g/mol. The Kier molecular flexibility index (Phi) is 1.84. The van der Waals surface area contributed by atoms with Crippen molar-refractivity contribution in [2.24, 2.45) is 0 Å². The van der Waals surface area contributed by atoms with Crippen LogP contribution in [0.5, 0.6) is 0 Å². The van der Waals surface area contributed by atoms with E-state index < -0.39 is 26.5 Å².